The van der Waals surface area contributed by atoms with Crippen molar-refractivity contribution in [2.24, 2.45) is 0 Å². The summed E-state index contributed by atoms with van der Waals surface area (Å²) in [6.07, 6.45) is 0. The van der Waals surface area contributed by atoms with Gasteiger partial charge in [-0.3, -0.25) is 10.1 Å². The molecule has 5 nitrogen and oxygen atoms in total. The van der Waals surface area contributed by atoms with E-state index in [9.17, 15) is 14.9 Å². The first-order valence-electron chi connectivity index (χ1n) is 5.73. The lowest BCUT2D eigenvalue weighted by Gasteiger charge is -2.06. The van der Waals surface area contributed by atoms with Crippen molar-refractivity contribution in [3.63, 3.8) is 0 Å². The van der Waals surface area contributed by atoms with E-state index in [-0.39, 0.29) is 22.9 Å². The Kier molecular flexibility index (Phi) is 4.32. The average molecular weight is 292 g/mol. The lowest BCUT2D eigenvalue weighted by Crippen LogP contribution is -2.06. The molecule has 0 aliphatic carbocycles. The molecular weight excluding hydrogens is 282 g/mol. The van der Waals surface area contributed by atoms with Crippen LogP contribution in [0.4, 0.5) is 5.69 Å². The van der Waals surface area contributed by atoms with Crippen molar-refractivity contribution in [2.75, 3.05) is 0 Å². The quantitative estimate of drug-likeness (QED) is 0.490. The normalized spacial score (nSPS) is 10.1. The van der Waals surface area contributed by atoms with Gasteiger partial charge in [0.15, 0.2) is 0 Å². The van der Waals surface area contributed by atoms with Gasteiger partial charge in [-0.15, -0.1) is 0 Å². The summed E-state index contributed by atoms with van der Waals surface area (Å²) in [6, 6.07) is 12.8. The van der Waals surface area contributed by atoms with Gasteiger partial charge in [-0.05, 0) is 11.6 Å². The number of non-ortho nitro benzene ring substituents is 1. The number of nitro benzene ring substituents is 1. The topological polar surface area (TPSA) is 69.4 Å². The predicted molar refractivity (Wildman–Crippen MR) is 73.7 cm³/mol. The minimum absolute atomic E-state index is 0.0169. The van der Waals surface area contributed by atoms with Crippen molar-refractivity contribution in [2.45, 2.75) is 6.61 Å². The maximum absolute atomic E-state index is 11.9. The van der Waals surface area contributed by atoms with Gasteiger partial charge < -0.3 is 4.74 Å². The number of esters is 1. The molecule has 0 fully saturated rings. The molecule has 20 heavy (non-hydrogen) atoms. The Balaban J connectivity index is 2.13. The first-order valence-corrected chi connectivity index (χ1v) is 6.10. The number of carbonyl (C=O) groups excluding carboxylic acids is 1. The molecule has 0 bridgehead atoms. The smallest absolute Gasteiger partial charge is 0.340 e. The molecular formula is C14H10ClNO4. The molecule has 0 N–H and O–H groups in total. The molecule has 0 amide bonds. The molecule has 0 spiro atoms. The first kappa shape index (κ1) is 14.0. The molecule has 0 unspecified atom stereocenters. The highest BCUT2D eigenvalue weighted by Gasteiger charge is 2.17. The number of rotatable bonds is 4. The van der Waals surface area contributed by atoms with E-state index in [0.717, 1.165) is 11.6 Å². The van der Waals surface area contributed by atoms with Crippen molar-refractivity contribution in [1.82, 2.24) is 0 Å². The number of nitro groups is 1. The van der Waals surface area contributed by atoms with Gasteiger partial charge in [-0.1, -0.05) is 41.9 Å². The zero-order valence-electron chi connectivity index (χ0n) is 10.3. The Morgan fingerprint density at radius 1 is 1.20 bits per heavy atom. The van der Waals surface area contributed by atoms with Gasteiger partial charge in [0, 0.05) is 12.1 Å². The Bertz CT molecular complexity index is 643. The number of carbonyl (C=O) groups is 1. The van der Waals surface area contributed by atoms with E-state index < -0.39 is 10.9 Å². The molecule has 0 aliphatic rings. The zero-order chi connectivity index (χ0) is 14.5. The maximum atomic E-state index is 11.9. The lowest BCUT2D eigenvalue weighted by molar-refractivity contribution is -0.384. The van der Waals surface area contributed by atoms with Crippen molar-refractivity contribution < 1.29 is 14.5 Å². The van der Waals surface area contributed by atoms with Crippen molar-refractivity contribution in [3.05, 3.63) is 74.8 Å². The molecule has 0 radical (unpaired) electrons. The van der Waals surface area contributed by atoms with Crippen LogP contribution in [0.3, 0.4) is 0 Å². The standard InChI is InChI=1S/C14H10ClNO4/c15-13-7-6-11(16(18)19)8-12(13)14(17)20-9-10-4-2-1-3-5-10/h1-8H,9H2. The summed E-state index contributed by atoms with van der Waals surface area (Å²) in [7, 11) is 0. The fourth-order valence-corrected chi connectivity index (χ4v) is 1.78. The molecule has 2 rings (SSSR count). The van der Waals surface area contributed by atoms with Gasteiger partial charge in [0.25, 0.3) is 5.69 Å². The number of ether oxygens (including phenoxy) is 1. The maximum Gasteiger partial charge on any atom is 0.340 e. The second kappa shape index (κ2) is 6.16. The van der Waals surface area contributed by atoms with E-state index in [1.807, 2.05) is 30.3 Å². The fourth-order valence-electron chi connectivity index (χ4n) is 1.58. The van der Waals surface area contributed by atoms with E-state index in [0.29, 0.717) is 0 Å². The SMILES string of the molecule is O=C(OCc1ccccc1)c1cc([N+](=O)[O-])ccc1Cl. The molecule has 2 aromatic carbocycles. The van der Waals surface area contributed by atoms with Crippen LogP contribution in [0.25, 0.3) is 0 Å². The van der Waals surface area contributed by atoms with Gasteiger partial charge in [0.05, 0.1) is 15.5 Å². The molecule has 0 saturated carbocycles. The zero-order valence-corrected chi connectivity index (χ0v) is 11.0. The Labute approximate surface area is 119 Å². The van der Waals surface area contributed by atoms with Crippen LogP contribution in [0, 0.1) is 10.1 Å². The highest BCUT2D eigenvalue weighted by Crippen LogP contribution is 2.23. The van der Waals surface area contributed by atoms with E-state index >= 15 is 0 Å². The Morgan fingerprint density at radius 2 is 1.90 bits per heavy atom. The summed E-state index contributed by atoms with van der Waals surface area (Å²) in [4.78, 5) is 22.0. The van der Waals surface area contributed by atoms with Gasteiger partial charge in [-0.2, -0.15) is 0 Å². The summed E-state index contributed by atoms with van der Waals surface area (Å²) < 4.78 is 5.08. The van der Waals surface area contributed by atoms with Gasteiger partial charge in [-0.25, -0.2) is 4.79 Å². The summed E-state index contributed by atoms with van der Waals surface area (Å²) >= 11 is 5.85. The van der Waals surface area contributed by atoms with Crippen LogP contribution in [0.2, 0.25) is 5.02 Å². The Hall–Kier alpha value is -2.40. The molecule has 6 heteroatoms. The van der Waals surface area contributed by atoms with Crippen LogP contribution in [-0.4, -0.2) is 10.9 Å². The van der Waals surface area contributed by atoms with E-state index in [2.05, 4.69) is 0 Å². The number of hydrogen-bond donors (Lipinski definition) is 0. The second-order valence-corrected chi connectivity index (χ2v) is 4.39. The molecule has 102 valence electrons. The molecule has 2 aromatic rings. The highest BCUT2D eigenvalue weighted by atomic mass is 35.5. The summed E-state index contributed by atoms with van der Waals surface area (Å²) in [5.41, 5.74) is 0.597. The van der Waals surface area contributed by atoms with E-state index in [4.69, 9.17) is 16.3 Å². The van der Waals surface area contributed by atoms with Crippen molar-refractivity contribution in [1.29, 1.82) is 0 Å². The van der Waals surface area contributed by atoms with Crippen LogP contribution < -0.4 is 0 Å². The van der Waals surface area contributed by atoms with Crippen LogP contribution in [-0.2, 0) is 11.3 Å². The third kappa shape index (κ3) is 3.33. The minimum atomic E-state index is -0.692. The van der Waals surface area contributed by atoms with Gasteiger partial charge in [0.1, 0.15) is 6.61 Å². The second-order valence-electron chi connectivity index (χ2n) is 3.98. The van der Waals surface area contributed by atoms with Gasteiger partial charge in [0.2, 0.25) is 0 Å². The van der Waals surface area contributed by atoms with Crippen molar-refractivity contribution in [3.8, 4) is 0 Å². The number of nitrogens with zero attached hydrogens (tertiary/aromatic N) is 1. The monoisotopic (exact) mass is 291 g/mol. The van der Waals surface area contributed by atoms with Crippen LogP contribution in [0.15, 0.2) is 48.5 Å². The molecule has 0 aromatic heterocycles. The predicted octanol–water partition coefficient (Wildman–Crippen LogP) is 3.61. The Morgan fingerprint density at radius 3 is 2.55 bits per heavy atom. The third-order valence-electron chi connectivity index (χ3n) is 2.59. The fraction of sp³-hybridized carbons (Fsp3) is 0.0714. The van der Waals surface area contributed by atoms with Crippen molar-refractivity contribution >= 4 is 23.3 Å². The lowest BCUT2D eigenvalue weighted by atomic mass is 10.2. The summed E-state index contributed by atoms with van der Waals surface area (Å²) in [5.74, 6) is -0.692. The average Bonchev–Trinajstić information content (AvgIpc) is 2.46. The van der Waals surface area contributed by atoms with Crippen LogP contribution in [0.5, 0.6) is 0 Å². The van der Waals surface area contributed by atoms with E-state index in [1.165, 1.54) is 12.1 Å². The first-order chi connectivity index (χ1) is 9.58. The molecule has 0 aliphatic heterocycles. The third-order valence-corrected chi connectivity index (χ3v) is 2.92. The number of hydrogen-bond acceptors (Lipinski definition) is 4. The summed E-state index contributed by atoms with van der Waals surface area (Å²) in [5, 5.41) is 10.8. The van der Waals surface area contributed by atoms with Gasteiger partial charge >= 0.3 is 5.97 Å². The number of benzene rings is 2. The van der Waals surface area contributed by atoms with Crippen LogP contribution in [0.1, 0.15) is 15.9 Å². The molecule has 0 saturated heterocycles. The molecule has 0 atom stereocenters. The van der Waals surface area contributed by atoms with Crippen LogP contribution >= 0.6 is 11.6 Å². The summed E-state index contributed by atoms with van der Waals surface area (Å²) in [6.45, 7) is 0.0820. The molecule has 0 heterocycles. The highest BCUT2D eigenvalue weighted by molar-refractivity contribution is 6.33. The largest absolute Gasteiger partial charge is 0.457 e. The number of halogens is 1. The van der Waals surface area contributed by atoms with E-state index in [1.54, 1.807) is 0 Å². The minimum Gasteiger partial charge on any atom is -0.457 e.